The van der Waals surface area contributed by atoms with Crippen LogP contribution in [0, 0.1) is 5.82 Å². The van der Waals surface area contributed by atoms with Gasteiger partial charge in [-0.3, -0.25) is 0 Å². The first kappa shape index (κ1) is 16.0. The predicted octanol–water partition coefficient (Wildman–Crippen LogP) is 4.12. The fourth-order valence-electron chi connectivity index (χ4n) is 2.47. The molecule has 1 N–H and O–H groups in total. The van der Waals surface area contributed by atoms with E-state index in [1.54, 1.807) is 12.1 Å². The Balaban J connectivity index is 3.22. The van der Waals surface area contributed by atoms with Crippen molar-refractivity contribution in [3.8, 4) is 0 Å². The highest BCUT2D eigenvalue weighted by atomic mass is 19.1. The molecule has 0 amide bonds. The number of anilines is 1. The van der Waals surface area contributed by atoms with Crippen LogP contribution in [0.2, 0.25) is 0 Å². The van der Waals surface area contributed by atoms with Crippen molar-refractivity contribution in [2.45, 2.75) is 53.1 Å². The lowest BCUT2D eigenvalue weighted by atomic mass is 10.0. The van der Waals surface area contributed by atoms with Gasteiger partial charge in [-0.2, -0.15) is 0 Å². The van der Waals surface area contributed by atoms with Crippen LogP contribution in [0.3, 0.4) is 0 Å². The highest BCUT2D eigenvalue weighted by Crippen LogP contribution is 2.30. The maximum absolute atomic E-state index is 14.3. The molecule has 0 aliphatic carbocycles. The number of nitrogens with zero attached hydrogens (tertiary/aromatic N) is 1. The van der Waals surface area contributed by atoms with Gasteiger partial charge in [-0.15, -0.1) is 0 Å². The Morgan fingerprint density at radius 2 is 1.89 bits per heavy atom. The summed E-state index contributed by atoms with van der Waals surface area (Å²) in [6.45, 7) is 12.3. The van der Waals surface area contributed by atoms with Crippen LogP contribution < -0.4 is 10.2 Å². The molecule has 108 valence electrons. The maximum Gasteiger partial charge on any atom is 0.146 e. The quantitative estimate of drug-likeness (QED) is 0.798. The molecule has 1 unspecified atom stereocenters. The summed E-state index contributed by atoms with van der Waals surface area (Å²) in [5.41, 5.74) is 1.80. The van der Waals surface area contributed by atoms with E-state index in [9.17, 15) is 4.39 Å². The SMILES string of the molecule is CCCN(c1c(F)cccc1C(C)NCC)C(C)C. The Bertz CT molecular complexity index is 390. The zero-order valence-corrected chi connectivity index (χ0v) is 12.8. The van der Waals surface area contributed by atoms with Crippen molar-refractivity contribution in [3.05, 3.63) is 29.6 Å². The third-order valence-electron chi connectivity index (χ3n) is 3.37. The Hall–Kier alpha value is -1.09. The molecule has 0 heterocycles. The second kappa shape index (κ2) is 7.49. The zero-order chi connectivity index (χ0) is 14.4. The van der Waals surface area contributed by atoms with Gasteiger partial charge in [0, 0.05) is 18.6 Å². The molecule has 0 aliphatic heterocycles. The average Bonchev–Trinajstić information content (AvgIpc) is 2.36. The van der Waals surface area contributed by atoms with Gasteiger partial charge in [-0.05, 0) is 45.4 Å². The Morgan fingerprint density at radius 1 is 1.21 bits per heavy atom. The number of nitrogens with one attached hydrogen (secondary N) is 1. The standard InChI is InChI=1S/C16H27FN2/c1-6-11-19(12(3)4)16-14(13(5)18-7-2)9-8-10-15(16)17/h8-10,12-13,18H,6-7,11H2,1-5H3. The van der Waals surface area contributed by atoms with Crippen LogP contribution in [0.25, 0.3) is 0 Å². The molecule has 1 rings (SSSR count). The molecule has 1 atom stereocenters. The molecule has 1 aromatic rings. The Kier molecular flexibility index (Phi) is 6.29. The van der Waals surface area contributed by atoms with Crippen molar-refractivity contribution in [3.63, 3.8) is 0 Å². The van der Waals surface area contributed by atoms with Gasteiger partial charge in [0.2, 0.25) is 0 Å². The fourth-order valence-corrected chi connectivity index (χ4v) is 2.47. The molecule has 19 heavy (non-hydrogen) atoms. The third kappa shape index (κ3) is 3.93. The molecule has 1 aromatic carbocycles. The van der Waals surface area contributed by atoms with Crippen molar-refractivity contribution in [2.75, 3.05) is 18.0 Å². The smallest absolute Gasteiger partial charge is 0.146 e. The Morgan fingerprint density at radius 3 is 2.42 bits per heavy atom. The van der Waals surface area contributed by atoms with Gasteiger partial charge in [-0.1, -0.05) is 26.0 Å². The largest absolute Gasteiger partial charge is 0.366 e. The molecular formula is C16H27FN2. The summed E-state index contributed by atoms with van der Waals surface area (Å²) >= 11 is 0. The van der Waals surface area contributed by atoms with E-state index < -0.39 is 0 Å². The molecule has 0 radical (unpaired) electrons. The van der Waals surface area contributed by atoms with E-state index in [1.807, 2.05) is 6.07 Å². The normalized spacial score (nSPS) is 12.8. The second-order valence-electron chi connectivity index (χ2n) is 5.24. The van der Waals surface area contributed by atoms with Gasteiger partial charge in [0.15, 0.2) is 0 Å². The molecule has 0 aromatic heterocycles. The maximum atomic E-state index is 14.3. The first-order valence-electron chi connectivity index (χ1n) is 7.31. The minimum atomic E-state index is -0.121. The van der Waals surface area contributed by atoms with E-state index in [4.69, 9.17) is 0 Å². The van der Waals surface area contributed by atoms with Crippen LogP contribution in [0.15, 0.2) is 18.2 Å². The van der Waals surface area contributed by atoms with Crippen molar-refractivity contribution in [2.24, 2.45) is 0 Å². The highest BCUT2D eigenvalue weighted by molar-refractivity contribution is 5.56. The zero-order valence-electron chi connectivity index (χ0n) is 12.8. The van der Waals surface area contributed by atoms with Gasteiger partial charge < -0.3 is 10.2 Å². The summed E-state index contributed by atoms with van der Waals surface area (Å²) < 4.78 is 14.3. The van der Waals surface area contributed by atoms with Crippen molar-refractivity contribution in [1.82, 2.24) is 5.32 Å². The Labute approximate surface area is 117 Å². The molecule has 0 saturated heterocycles. The summed E-state index contributed by atoms with van der Waals surface area (Å²) in [7, 11) is 0. The van der Waals surface area contributed by atoms with Gasteiger partial charge in [0.05, 0.1) is 5.69 Å². The number of benzene rings is 1. The van der Waals surface area contributed by atoms with Crippen LogP contribution in [-0.2, 0) is 0 Å². The predicted molar refractivity (Wildman–Crippen MR) is 81.3 cm³/mol. The number of rotatable bonds is 7. The topological polar surface area (TPSA) is 15.3 Å². The molecular weight excluding hydrogens is 239 g/mol. The van der Waals surface area contributed by atoms with E-state index in [0.717, 1.165) is 30.8 Å². The van der Waals surface area contributed by atoms with E-state index >= 15 is 0 Å². The summed E-state index contributed by atoms with van der Waals surface area (Å²) in [5.74, 6) is -0.121. The summed E-state index contributed by atoms with van der Waals surface area (Å²) in [6.07, 6.45) is 1.02. The number of halogens is 1. The van der Waals surface area contributed by atoms with Crippen LogP contribution >= 0.6 is 0 Å². The van der Waals surface area contributed by atoms with Gasteiger partial charge in [-0.25, -0.2) is 4.39 Å². The summed E-state index contributed by atoms with van der Waals surface area (Å²) in [6, 6.07) is 5.84. The molecule has 0 spiro atoms. The number of hydrogen-bond donors (Lipinski definition) is 1. The molecule has 2 nitrogen and oxygen atoms in total. The van der Waals surface area contributed by atoms with Crippen LogP contribution in [0.1, 0.15) is 52.6 Å². The van der Waals surface area contributed by atoms with Crippen molar-refractivity contribution in [1.29, 1.82) is 0 Å². The number of hydrogen-bond acceptors (Lipinski definition) is 2. The van der Waals surface area contributed by atoms with Crippen molar-refractivity contribution < 1.29 is 4.39 Å². The number of para-hydroxylation sites is 1. The average molecular weight is 266 g/mol. The lowest BCUT2D eigenvalue weighted by molar-refractivity contribution is 0.564. The first-order chi connectivity index (χ1) is 9.02. The monoisotopic (exact) mass is 266 g/mol. The van der Waals surface area contributed by atoms with Crippen LogP contribution in [-0.4, -0.2) is 19.1 Å². The van der Waals surface area contributed by atoms with Crippen LogP contribution in [0.4, 0.5) is 10.1 Å². The van der Waals surface area contributed by atoms with Crippen molar-refractivity contribution >= 4 is 5.69 Å². The molecule has 0 saturated carbocycles. The lowest BCUT2D eigenvalue weighted by Gasteiger charge is -2.32. The molecule has 0 bridgehead atoms. The van der Waals surface area contributed by atoms with E-state index in [1.165, 1.54) is 0 Å². The first-order valence-corrected chi connectivity index (χ1v) is 7.31. The fraction of sp³-hybridized carbons (Fsp3) is 0.625. The van der Waals surface area contributed by atoms with Gasteiger partial charge >= 0.3 is 0 Å². The highest BCUT2D eigenvalue weighted by Gasteiger charge is 2.20. The molecule has 3 heteroatoms. The minimum absolute atomic E-state index is 0.121. The second-order valence-corrected chi connectivity index (χ2v) is 5.24. The van der Waals surface area contributed by atoms with Crippen LogP contribution in [0.5, 0.6) is 0 Å². The molecule has 0 fully saturated rings. The summed E-state index contributed by atoms with van der Waals surface area (Å²) in [5, 5.41) is 3.37. The lowest BCUT2D eigenvalue weighted by Crippen LogP contribution is -2.34. The van der Waals surface area contributed by atoms with Gasteiger partial charge in [0.25, 0.3) is 0 Å². The summed E-state index contributed by atoms with van der Waals surface area (Å²) in [4.78, 5) is 2.17. The third-order valence-corrected chi connectivity index (χ3v) is 3.37. The van der Waals surface area contributed by atoms with E-state index in [2.05, 4.69) is 44.8 Å². The molecule has 0 aliphatic rings. The van der Waals surface area contributed by atoms with E-state index in [0.29, 0.717) is 6.04 Å². The van der Waals surface area contributed by atoms with E-state index in [-0.39, 0.29) is 11.9 Å². The minimum Gasteiger partial charge on any atom is -0.366 e. The van der Waals surface area contributed by atoms with Gasteiger partial charge in [0.1, 0.15) is 5.82 Å².